The minimum Gasteiger partial charge on any atom is -0.493 e. The van der Waals surface area contributed by atoms with Gasteiger partial charge in [-0.05, 0) is 32.4 Å². The first-order valence-corrected chi connectivity index (χ1v) is 8.25. The van der Waals surface area contributed by atoms with E-state index in [0.29, 0.717) is 17.9 Å². The van der Waals surface area contributed by atoms with Crippen molar-refractivity contribution in [3.63, 3.8) is 0 Å². The minimum atomic E-state index is -0.690. The fourth-order valence-electron chi connectivity index (χ4n) is 2.68. The van der Waals surface area contributed by atoms with Crippen molar-refractivity contribution >= 4 is 11.6 Å². The Bertz CT molecular complexity index is 935. The number of carbonyl (C=O) groups excluding carboxylic acids is 1. The summed E-state index contributed by atoms with van der Waals surface area (Å²) in [6.07, 6.45) is 0. The molecule has 0 radical (unpaired) electrons. The van der Waals surface area contributed by atoms with E-state index in [1.54, 1.807) is 26.8 Å². The quantitative estimate of drug-likeness (QED) is 0.565. The first kappa shape index (κ1) is 20.0. The number of nitrogens with one attached hydrogen (secondary N) is 2. The summed E-state index contributed by atoms with van der Waals surface area (Å²) in [5.74, 6) is -0.310. The van der Waals surface area contributed by atoms with Gasteiger partial charge in [0.25, 0.3) is 17.2 Å². The van der Waals surface area contributed by atoms with Gasteiger partial charge in [-0.1, -0.05) is 0 Å². The Balaban J connectivity index is 2.36. The van der Waals surface area contributed by atoms with Gasteiger partial charge in [0.2, 0.25) is 0 Å². The van der Waals surface area contributed by atoms with E-state index >= 15 is 0 Å². The zero-order valence-electron chi connectivity index (χ0n) is 15.5. The molecule has 9 heteroatoms. The second kappa shape index (κ2) is 8.35. The summed E-state index contributed by atoms with van der Waals surface area (Å²) in [5.41, 5.74) is 0.908. The molecule has 1 aromatic carbocycles. The molecular formula is C18H21N3O6. The number of hydrogen-bond donors (Lipinski definition) is 2. The summed E-state index contributed by atoms with van der Waals surface area (Å²) in [6.45, 7) is 5.49. The molecule has 0 unspecified atom stereocenters. The number of rotatable bonds is 7. The van der Waals surface area contributed by atoms with Crippen LogP contribution in [0.2, 0.25) is 0 Å². The number of aromatic nitrogens is 1. The van der Waals surface area contributed by atoms with Crippen LogP contribution in [-0.2, 0) is 6.54 Å². The number of carbonyl (C=O) groups is 1. The Kier molecular flexibility index (Phi) is 6.17. The van der Waals surface area contributed by atoms with Gasteiger partial charge in [0.1, 0.15) is 5.56 Å². The first-order valence-electron chi connectivity index (χ1n) is 8.25. The molecule has 2 aromatic rings. The van der Waals surface area contributed by atoms with Gasteiger partial charge in [-0.15, -0.1) is 0 Å². The normalized spacial score (nSPS) is 10.4. The van der Waals surface area contributed by atoms with Crippen LogP contribution in [0.15, 0.2) is 23.0 Å². The molecule has 0 aliphatic rings. The highest BCUT2D eigenvalue weighted by Crippen LogP contribution is 2.34. The van der Waals surface area contributed by atoms with Crippen LogP contribution in [-0.4, -0.2) is 29.5 Å². The van der Waals surface area contributed by atoms with Crippen LogP contribution in [0.1, 0.15) is 34.1 Å². The van der Waals surface area contributed by atoms with Crippen LogP contribution in [0.5, 0.6) is 11.5 Å². The molecule has 1 amide bonds. The Hall–Kier alpha value is -3.36. The number of hydrogen-bond acceptors (Lipinski definition) is 6. The number of nitrogens with zero attached hydrogens (tertiary/aromatic N) is 1. The van der Waals surface area contributed by atoms with E-state index in [-0.39, 0.29) is 29.2 Å². The predicted molar refractivity (Wildman–Crippen MR) is 98.5 cm³/mol. The lowest BCUT2D eigenvalue weighted by atomic mass is 10.1. The second-order valence-corrected chi connectivity index (χ2v) is 5.84. The van der Waals surface area contributed by atoms with Crippen molar-refractivity contribution in [2.45, 2.75) is 27.3 Å². The molecule has 2 rings (SSSR count). The number of aryl methyl sites for hydroxylation is 2. The molecular weight excluding hydrogens is 354 g/mol. The van der Waals surface area contributed by atoms with E-state index < -0.39 is 16.5 Å². The summed E-state index contributed by atoms with van der Waals surface area (Å²) in [6, 6.07) is 4.19. The summed E-state index contributed by atoms with van der Waals surface area (Å²) in [5, 5.41) is 13.9. The van der Waals surface area contributed by atoms with E-state index in [1.165, 1.54) is 13.2 Å². The predicted octanol–water partition coefficient (Wildman–Crippen LogP) is 2.24. The number of nitro benzene ring substituents is 1. The topological polar surface area (TPSA) is 124 Å². The Morgan fingerprint density at radius 2 is 1.96 bits per heavy atom. The van der Waals surface area contributed by atoms with Gasteiger partial charge in [0.15, 0.2) is 11.5 Å². The molecule has 144 valence electrons. The average Bonchev–Trinajstić information content (AvgIpc) is 2.60. The van der Waals surface area contributed by atoms with Gasteiger partial charge in [0.05, 0.1) is 24.7 Å². The van der Waals surface area contributed by atoms with Crippen molar-refractivity contribution in [3.8, 4) is 11.5 Å². The molecule has 0 saturated carbocycles. The summed E-state index contributed by atoms with van der Waals surface area (Å²) < 4.78 is 10.5. The minimum absolute atomic E-state index is 0.0621. The molecule has 9 nitrogen and oxygen atoms in total. The molecule has 0 spiro atoms. The van der Waals surface area contributed by atoms with Crippen LogP contribution in [0.3, 0.4) is 0 Å². The summed E-state index contributed by atoms with van der Waals surface area (Å²) in [7, 11) is 1.35. The number of pyridine rings is 1. The highest BCUT2D eigenvalue weighted by molar-refractivity contribution is 5.99. The Morgan fingerprint density at radius 3 is 2.52 bits per heavy atom. The third-order valence-corrected chi connectivity index (χ3v) is 3.94. The highest BCUT2D eigenvalue weighted by atomic mass is 16.6. The Labute approximate surface area is 155 Å². The number of H-pyrrole nitrogens is 1. The van der Waals surface area contributed by atoms with E-state index in [1.807, 2.05) is 0 Å². The van der Waals surface area contributed by atoms with Crippen LogP contribution in [0, 0.1) is 24.0 Å². The van der Waals surface area contributed by atoms with Crippen molar-refractivity contribution in [2.24, 2.45) is 0 Å². The maximum atomic E-state index is 12.6. The molecule has 0 aliphatic heterocycles. The van der Waals surface area contributed by atoms with E-state index in [0.717, 1.165) is 11.6 Å². The van der Waals surface area contributed by atoms with Crippen LogP contribution >= 0.6 is 0 Å². The summed E-state index contributed by atoms with van der Waals surface area (Å²) in [4.78, 5) is 38.0. The third kappa shape index (κ3) is 4.43. The fourth-order valence-corrected chi connectivity index (χ4v) is 2.68. The van der Waals surface area contributed by atoms with Crippen LogP contribution in [0.25, 0.3) is 0 Å². The van der Waals surface area contributed by atoms with Gasteiger partial charge in [-0.3, -0.25) is 19.7 Å². The summed E-state index contributed by atoms with van der Waals surface area (Å²) >= 11 is 0. The third-order valence-electron chi connectivity index (χ3n) is 3.94. The van der Waals surface area contributed by atoms with E-state index in [4.69, 9.17) is 9.47 Å². The van der Waals surface area contributed by atoms with Crippen molar-refractivity contribution in [2.75, 3.05) is 13.7 Å². The van der Waals surface area contributed by atoms with Crippen molar-refractivity contribution in [3.05, 3.63) is 61.1 Å². The molecule has 1 heterocycles. The number of methoxy groups -OCH3 is 1. The SMILES string of the molecule is CCOc1cc(C(=O)NCc2c(C)cc(C)[nH]c2=O)c([N+](=O)[O-])cc1OC. The molecule has 0 aliphatic carbocycles. The molecule has 0 atom stereocenters. The molecule has 1 aromatic heterocycles. The van der Waals surface area contributed by atoms with Crippen molar-refractivity contribution < 1.29 is 19.2 Å². The highest BCUT2D eigenvalue weighted by Gasteiger charge is 2.25. The van der Waals surface area contributed by atoms with Crippen LogP contribution < -0.4 is 20.3 Å². The average molecular weight is 375 g/mol. The monoisotopic (exact) mass is 375 g/mol. The largest absolute Gasteiger partial charge is 0.493 e. The van der Waals surface area contributed by atoms with E-state index in [9.17, 15) is 19.7 Å². The smallest absolute Gasteiger partial charge is 0.286 e. The second-order valence-electron chi connectivity index (χ2n) is 5.84. The van der Waals surface area contributed by atoms with Gasteiger partial charge in [-0.2, -0.15) is 0 Å². The fraction of sp³-hybridized carbons (Fsp3) is 0.333. The van der Waals surface area contributed by atoms with Gasteiger partial charge in [-0.25, -0.2) is 0 Å². The Morgan fingerprint density at radius 1 is 1.26 bits per heavy atom. The molecule has 0 fully saturated rings. The number of benzene rings is 1. The molecule has 0 bridgehead atoms. The molecule has 27 heavy (non-hydrogen) atoms. The zero-order valence-corrected chi connectivity index (χ0v) is 15.5. The lowest BCUT2D eigenvalue weighted by Gasteiger charge is -2.12. The lowest BCUT2D eigenvalue weighted by Crippen LogP contribution is -2.28. The lowest BCUT2D eigenvalue weighted by molar-refractivity contribution is -0.385. The van der Waals surface area contributed by atoms with Crippen molar-refractivity contribution in [1.82, 2.24) is 10.3 Å². The van der Waals surface area contributed by atoms with Gasteiger partial charge >= 0.3 is 0 Å². The van der Waals surface area contributed by atoms with E-state index in [2.05, 4.69) is 10.3 Å². The first-order chi connectivity index (χ1) is 12.8. The zero-order chi connectivity index (χ0) is 20.1. The van der Waals surface area contributed by atoms with Crippen LogP contribution in [0.4, 0.5) is 5.69 Å². The number of aromatic amines is 1. The van der Waals surface area contributed by atoms with Gasteiger partial charge in [0, 0.05) is 23.9 Å². The maximum Gasteiger partial charge on any atom is 0.286 e. The number of amides is 1. The number of ether oxygens (including phenoxy) is 2. The molecule has 2 N–H and O–H groups in total. The van der Waals surface area contributed by atoms with Gasteiger partial charge < -0.3 is 19.8 Å². The molecule has 0 saturated heterocycles. The maximum absolute atomic E-state index is 12.6. The number of nitro groups is 1. The standard InChI is InChI=1S/C18H21N3O6/c1-5-27-16-7-12(14(21(24)25)8-15(16)26-4)17(22)19-9-13-10(2)6-11(3)20-18(13)23/h6-8H,5,9H2,1-4H3,(H,19,22)(H,20,23). The van der Waals surface area contributed by atoms with Crippen molar-refractivity contribution in [1.29, 1.82) is 0 Å².